The molecule has 0 amide bonds. The number of ether oxygens (including phenoxy) is 1. The van der Waals surface area contributed by atoms with Crippen LogP contribution in [-0.2, 0) is 0 Å². The molecule has 0 aliphatic rings. The maximum absolute atomic E-state index is 12.9. The van der Waals surface area contributed by atoms with Crippen molar-refractivity contribution in [1.82, 2.24) is 0 Å². The number of rotatable bonds is 3. The molecule has 2 rings (SSSR count). The third-order valence-corrected chi connectivity index (χ3v) is 2.09. The fourth-order valence-electron chi connectivity index (χ4n) is 1.34. The molecule has 0 heterocycles. The summed E-state index contributed by atoms with van der Waals surface area (Å²) in [5, 5.41) is 10.7. The lowest BCUT2D eigenvalue weighted by Gasteiger charge is -2.05. The summed E-state index contributed by atoms with van der Waals surface area (Å²) < 4.78 is 18.2. The predicted octanol–water partition coefficient (Wildman–Crippen LogP) is 3.53. The first-order valence-electron chi connectivity index (χ1n) is 4.83. The molecule has 2 aromatic rings. The van der Waals surface area contributed by atoms with Crippen molar-refractivity contribution in [3.05, 3.63) is 64.5 Å². The van der Waals surface area contributed by atoms with Crippen molar-refractivity contribution in [2.75, 3.05) is 0 Å². The van der Waals surface area contributed by atoms with Crippen LogP contribution in [0.15, 0.2) is 48.5 Å². The van der Waals surface area contributed by atoms with E-state index in [1.165, 1.54) is 6.07 Å². The van der Waals surface area contributed by atoms with E-state index in [1.807, 2.05) is 0 Å². The quantitative estimate of drug-likeness (QED) is 0.602. The van der Waals surface area contributed by atoms with Crippen LogP contribution in [0.1, 0.15) is 0 Å². The van der Waals surface area contributed by atoms with Gasteiger partial charge in [0.15, 0.2) is 0 Å². The van der Waals surface area contributed by atoms with Gasteiger partial charge in [-0.25, -0.2) is 4.39 Å². The molecule has 0 N–H and O–H groups in total. The van der Waals surface area contributed by atoms with Gasteiger partial charge in [-0.05, 0) is 24.3 Å². The van der Waals surface area contributed by atoms with E-state index < -0.39 is 16.4 Å². The monoisotopic (exact) mass is 233 g/mol. The Labute approximate surface area is 96.4 Å². The fraction of sp³-hybridized carbons (Fsp3) is 0. The third-order valence-electron chi connectivity index (χ3n) is 2.09. The summed E-state index contributed by atoms with van der Waals surface area (Å²) in [6.45, 7) is 0. The van der Waals surface area contributed by atoms with Gasteiger partial charge in [0.05, 0.1) is 11.0 Å². The van der Waals surface area contributed by atoms with Crippen molar-refractivity contribution in [3.8, 4) is 11.5 Å². The highest BCUT2D eigenvalue weighted by molar-refractivity contribution is 5.48. The molecule has 0 spiro atoms. The van der Waals surface area contributed by atoms with E-state index in [-0.39, 0.29) is 5.75 Å². The van der Waals surface area contributed by atoms with E-state index >= 15 is 0 Å². The second-order valence-corrected chi connectivity index (χ2v) is 3.28. The van der Waals surface area contributed by atoms with Crippen molar-refractivity contribution < 1.29 is 14.1 Å². The molecule has 0 atom stereocenters. The molecule has 0 aliphatic heterocycles. The number of para-hydroxylation sites is 1. The summed E-state index contributed by atoms with van der Waals surface area (Å²) in [5.41, 5.74) is -0.395. The van der Waals surface area contributed by atoms with Crippen molar-refractivity contribution in [1.29, 1.82) is 0 Å². The Morgan fingerprint density at radius 1 is 1.12 bits per heavy atom. The molecule has 5 heteroatoms. The summed E-state index contributed by atoms with van der Waals surface area (Å²) in [6, 6.07) is 11.8. The molecular weight excluding hydrogens is 225 g/mol. The minimum Gasteiger partial charge on any atom is -0.450 e. The van der Waals surface area contributed by atoms with Crippen LogP contribution in [0.3, 0.4) is 0 Å². The predicted molar refractivity (Wildman–Crippen MR) is 59.6 cm³/mol. The molecule has 4 nitrogen and oxygen atoms in total. The number of hydrogen-bond donors (Lipinski definition) is 0. The van der Waals surface area contributed by atoms with E-state index in [0.717, 1.165) is 12.1 Å². The Morgan fingerprint density at radius 2 is 1.82 bits per heavy atom. The van der Waals surface area contributed by atoms with Crippen LogP contribution in [0.25, 0.3) is 0 Å². The lowest BCUT2D eigenvalue weighted by Crippen LogP contribution is -1.94. The highest BCUT2D eigenvalue weighted by Crippen LogP contribution is 2.31. The van der Waals surface area contributed by atoms with E-state index in [1.54, 1.807) is 30.3 Å². The van der Waals surface area contributed by atoms with Gasteiger partial charge in [0.2, 0.25) is 5.75 Å². The Balaban J connectivity index is 2.36. The second-order valence-electron chi connectivity index (χ2n) is 3.28. The van der Waals surface area contributed by atoms with Gasteiger partial charge in [0.25, 0.3) is 0 Å². The fourth-order valence-corrected chi connectivity index (χ4v) is 1.34. The largest absolute Gasteiger partial charge is 0.450 e. The number of nitrogens with zero attached hydrogens (tertiary/aromatic N) is 1. The van der Waals surface area contributed by atoms with Gasteiger partial charge >= 0.3 is 5.69 Å². The van der Waals surface area contributed by atoms with Crippen LogP contribution >= 0.6 is 0 Å². The topological polar surface area (TPSA) is 52.4 Å². The standard InChI is InChI=1S/C12H8FNO3/c13-9-6-7-12(11(8-9)14(15)16)17-10-4-2-1-3-5-10/h1-8H. The number of nitro groups is 1. The van der Waals surface area contributed by atoms with Crippen LogP contribution in [-0.4, -0.2) is 4.92 Å². The van der Waals surface area contributed by atoms with Crippen molar-refractivity contribution in [3.63, 3.8) is 0 Å². The lowest BCUT2D eigenvalue weighted by molar-refractivity contribution is -0.385. The highest BCUT2D eigenvalue weighted by Gasteiger charge is 2.16. The lowest BCUT2D eigenvalue weighted by atomic mass is 10.3. The molecule has 86 valence electrons. The zero-order chi connectivity index (χ0) is 12.3. The van der Waals surface area contributed by atoms with Crippen molar-refractivity contribution in [2.45, 2.75) is 0 Å². The van der Waals surface area contributed by atoms with E-state index in [4.69, 9.17) is 4.74 Å². The van der Waals surface area contributed by atoms with Gasteiger partial charge in [0.1, 0.15) is 11.6 Å². The van der Waals surface area contributed by atoms with Crippen molar-refractivity contribution in [2.24, 2.45) is 0 Å². The first kappa shape index (κ1) is 11.1. The number of halogens is 1. The minimum absolute atomic E-state index is 0.0163. The number of benzene rings is 2. The second kappa shape index (κ2) is 4.61. The van der Waals surface area contributed by atoms with Gasteiger partial charge in [-0.2, -0.15) is 0 Å². The smallest absolute Gasteiger partial charge is 0.314 e. The molecule has 0 fully saturated rings. The maximum atomic E-state index is 12.9. The van der Waals surface area contributed by atoms with Crippen LogP contribution in [0.2, 0.25) is 0 Å². The Bertz CT molecular complexity index is 543. The summed E-state index contributed by atoms with van der Waals surface area (Å²) in [4.78, 5) is 10.0. The van der Waals surface area contributed by atoms with Gasteiger partial charge in [-0.3, -0.25) is 10.1 Å². The summed E-state index contributed by atoms with van der Waals surface area (Å²) in [6.07, 6.45) is 0. The van der Waals surface area contributed by atoms with Crippen LogP contribution in [0.5, 0.6) is 11.5 Å². The molecule has 0 unspecified atom stereocenters. The normalized spacial score (nSPS) is 9.94. The first-order valence-corrected chi connectivity index (χ1v) is 4.83. The Kier molecular flexibility index (Phi) is 3.00. The molecule has 0 aromatic heterocycles. The summed E-state index contributed by atoms with van der Waals surface area (Å²) in [7, 11) is 0. The van der Waals surface area contributed by atoms with Crippen LogP contribution < -0.4 is 4.74 Å². The summed E-state index contributed by atoms with van der Waals surface area (Å²) >= 11 is 0. The third kappa shape index (κ3) is 2.57. The molecule has 17 heavy (non-hydrogen) atoms. The number of hydrogen-bond acceptors (Lipinski definition) is 3. The van der Waals surface area contributed by atoms with Gasteiger partial charge in [-0.1, -0.05) is 18.2 Å². The Hall–Kier alpha value is -2.43. The van der Waals surface area contributed by atoms with Gasteiger partial charge in [0, 0.05) is 0 Å². The van der Waals surface area contributed by atoms with Crippen LogP contribution in [0, 0.1) is 15.9 Å². The van der Waals surface area contributed by atoms with Crippen LogP contribution in [0.4, 0.5) is 10.1 Å². The molecule has 0 saturated heterocycles. The minimum atomic E-state index is -0.679. The van der Waals surface area contributed by atoms with Crippen molar-refractivity contribution >= 4 is 5.69 Å². The molecule has 2 aromatic carbocycles. The average molecular weight is 233 g/mol. The Morgan fingerprint density at radius 3 is 2.47 bits per heavy atom. The van der Waals surface area contributed by atoms with E-state index in [9.17, 15) is 14.5 Å². The molecule has 0 aliphatic carbocycles. The van der Waals surface area contributed by atoms with E-state index in [0.29, 0.717) is 5.75 Å². The average Bonchev–Trinajstić information content (AvgIpc) is 2.32. The highest BCUT2D eigenvalue weighted by atomic mass is 19.1. The van der Waals surface area contributed by atoms with Gasteiger partial charge in [-0.15, -0.1) is 0 Å². The maximum Gasteiger partial charge on any atom is 0.314 e. The number of nitro benzene ring substituents is 1. The first-order chi connectivity index (χ1) is 8.16. The molecule has 0 radical (unpaired) electrons. The molecule has 0 saturated carbocycles. The van der Waals surface area contributed by atoms with Gasteiger partial charge < -0.3 is 4.74 Å². The molecule has 0 bridgehead atoms. The molecular formula is C12H8FNO3. The zero-order valence-corrected chi connectivity index (χ0v) is 8.67. The summed E-state index contributed by atoms with van der Waals surface area (Å²) in [5.74, 6) is -0.193. The zero-order valence-electron chi connectivity index (χ0n) is 8.67. The van der Waals surface area contributed by atoms with E-state index in [2.05, 4.69) is 0 Å². The SMILES string of the molecule is O=[N+]([O-])c1cc(F)ccc1Oc1ccccc1.